The maximum Gasteiger partial charge on any atom is 0.283 e. The summed E-state index contributed by atoms with van der Waals surface area (Å²) in [4.78, 5) is 15.8. The van der Waals surface area contributed by atoms with Crippen LogP contribution in [0.25, 0.3) is 6.08 Å². The van der Waals surface area contributed by atoms with Gasteiger partial charge in [0.2, 0.25) is 0 Å². The highest BCUT2D eigenvalue weighted by molar-refractivity contribution is 8.25. The molecule has 5 nitrogen and oxygen atoms in total. The van der Waals surface area contributed by atoms with Crippen LogP contribution < -0.4 is 0 Å². The summed E-state index contributed by atoms with van der Waals surface area (Å²) in [7, 11) is 0. The van der Waals surface area contributed by atoms with Crippen molar-refractivity contribution in [2.75, 3.05) is 0 Å². The molecule has 0 bridgehead atoms. The van der Waals surface area contributed by atoms with E-state index in [1.165, 1.54) is 16.8 Å². The smallest absolute Gasteiger partial charge is 0.282 e. The van der Waals surface area contributed by atoms with Crippen LogP contribution in [0.15, 0.2) is 39.9 Å². The zero-order valence-electron chi connectivity index (χ0n) is 9.50. The van der Waals surface area contributed by atoms with Crippen LogP contribution in [0.4, 0.5) is 0 Å². The third-order valence-corrected chi connectivity index (χ3v) is 3.50. The van der Waals surface area contributed by atoms with E-state index in [9.17, 15) is 4.79 Å². The van der Waals surface area contributed by atoms with Gasteiger partial charge in [0.25, 0.3) is 5.91 Å². The number of fused-ring (bicyclic) bond motifs is 1. The molecule has 0 radical (unpaired) electrons. The summed E-state index contributed by atoms with van der Waals surface area (Å²) in [6.45, 7) is 0. The van der Waals surface area contributed by atoms with E-state index < -0.39 is 5.91 Å². The Hall–Kier alpha value is -1.92. The molecule has 1 aromatic carbocycles. The van der Waals surface area contributed by atoms with E-state index in [4.69, 9.17) is 17.0 Å². The highest BCUT2D eigenvalue weighted by Crippen LogP contribution is 2.24. The summed E-state index contributed by atoms with van der Waals surface area (Å²) < 4.78 is 0. The number of benzene rings is 1. The third kappa shape index (κ3) is 2.20. The van der Waals surface area contributed by atoms with E-state index >= 15 is 0 Å². The molecule has 0 atom stereocenters. The molecule has 0 aromatic heterocycles. The molecule has 1 N–H and O–H groups in total. The van der Waals surface area contributed by atoms with E-state index in [1.54, 1.807) is 35.9 Å². The lowest BCUT2D eigenvalue weighted by molar-refractivity contribution is -0.114. The normalized spacial score (nSPS) is 19.9. The molecule has 94 valence electrons. The monoisotopic (exact) mass is 290 g/mol. The Morgan fingerprint density at radius 1 is 1.32 bits per heavy atom. The summed E-state index contributed by atoms with van der Waals surface area (Å²) in [5.74, 6) is -0.393. The quantitative estimate of drug-likeness (QED) is 0.808. The Bertz CT molecular complexity index is 663. The summed E-state index contributed by atoms with van der Waals surface area (Å²) in [5, 5.41) is 14.4. The van der Waals surface area contributed by atoms with Gasteiger partial charge in [0.15, 0.2) is 11.0 Å². The van der Waals surface area contributed by atoms with Crippen molar-refractivity contribution in [2.24, 2.45) is 10.1 Å². The highest BCUT2D eigenvalue weighted by atomic mass is 35.5. The van der Waals surface area contributed by atoms with Crippen LogP contribution >= 0.6 is 23.4 Å². The molecule has 0 fully saturated rings. The van der Waals surface area contributed by atoms with Crippen LogP contribution in [0, 0.1) is 5.41 Å². The van der Waals surface area contributed by atoms with E-state index in [0.717, 1.165) is 5.56 Å². The number of hydrazone groups is 1. The van der Waals surface area contributed by atoms with E-state index in [0.29, 0.717) is 10.2 Å². The van der Waals surface area contributed by atoms with Crippen molar-refractivity contribution in [3.05, 3.63) is 40.4 Å². The molecular weight excluding hydrogens is 284 g/mol. The standard InChI is InChI=1S/C12H7ClN4OS/c13-8-3-1-7(2-4-8)5-9-10(14)17-12(16-11(9)18)19-6-15-17/h1-6,14H/b9-5-,14-10?. The van der Waals surface area contributed by atoms with E-state index in [1.807, 2.05) is 0 Å². The Kier molecular flexibility index (Phi) is 2.96. The summed E-state index contributed by atoms with van der Waals surface area (Å²) in [6, 6.07) is 7.00. The molecule has 0 spiro atoms. The molecule has 2 aliphatic rings. The van der Waals surface area contributed by atoms with Gasteiger partial charge in [-0.3, -0.25) is 10.2 Å². The number of thioether (sulfide) groups is 1. The van der Waals surface area contributed by atoms with Gasteiger partial charge in [-0.05, 0) is 35.5 Å². The third-order valence-electron chi connectivity index (χ3n) is 2.58. The molecule has 0 saturated carbocycles. The number of nitrogens with zero attached hydrogens (tertiary/aromatic N) is 3. The van der Waals surface area contributed by atoms with Crippen molar-refractivity contribution in [1.29, 1.82) is 5.41 Å². The molecule has 0 unspecified atom stereocenters. The van der Waals surface area contributed by atoms with Crippen molar-refractivity contribution in [3.63, 3.8) is 0 Å². The van der Waals surface area contributed by atoms with Gasteiger partial charge in [-0.15, -0.1) is 0 Å². The second kappa shape index (κ2) is 4.64. The number of amides is 1. The van der Waals surface area contributed by atoms with Gasteiger partial charge in [-0.2, -0.15) is 15.1 Å². The maximum atomic E-state index is 11.9. The molecule has 2 aliphatic heterocycles. The van der Waals surface area contributed by atoms with Gasteiger partial charge in [0.05, 0.1) is 11.1 Å². The Morgan fingerprint density at radius 3 is 2.79 bits per heavy atom. The Morgan fingerprint density at radius 2 is 2.05 bits per heavy atom. The van der Waals surface area contributed by atoms with Crippen LogP contribution in [0.2, 0.25) is 5.02 Å². The van der Waals surface area contributed by atoms with Crippen molar-refractivity contribution in [1.82, 2.24) is 5.01 Å². The van der Waals surface area contributed by atoms with Gasteiger partial charge in [0, 0.05) is 5.02 Å². The topological polar surface area (TPSA) is 68.9 Å². The first kappa shape index (κ1) is 12.1. The first-order valence-electron chi connectivity index (χ1n) is 5.33. The fourth-order valence-corrected chi connectivity index (χ4v) is 2.40. The van der Waals surface area contributed by atoms with E-state index in [2.05, 4.69) is 10.1 Å². The first-order valence-corrected chi connectivity index (χ1v) is 6.59. The summed E-state index contributed by atoms with van der Waals surface area (Å²) >= 11 is 7.02. The second-order valence-electron chi connectivity index (χ2n) is 3.81. The number of halogens is 1. The van der Waals surface area contributed by atoms with Gasteiger partial charge in [0.1, 0.15) is 0 Å². The summed E-state index contributed by atoms with van der Waals surface area (Å²) in [5.41, 5.74) is 2.55. The fourth-order valence-electron chi connectivity index (χ4n) is 1.66. The van der Waals surface area contributed by atoms with Crippen molar-refractivity contribution < 1.29 is 4.79 Å². The molecular formula is C12H7ClN4OS. The molecule has 7 heteroatoms. The van der Waals surface area contributed by atoms with Crippen LogP contribution in [-0.2, 0) is 4.79 Å². The maximum absolute atomic E-state index is 11.9. The Balaban J connectivity index is 2.00. The molecule has 19 heavy (non-hydrogen) atoms. The minimum Gasteiger partial charge on any atom is -0.282 e. The zero-order valence-corrected chi connectivity index (χ0v) is 11.1. The Labute approximate surface area is 118 Å². The molecule has 0 aliphatic carbocycles. The zero-order chi connectivity index (χ0) is 13.4. The van der Waals surface area contributed by atoms with Crippen molar-refractivity contribution in [2.45, 2.75) is 0 Å². The molecule has 0 saturated heterocycles. The molecule has 2 heterocycles. The van der Waals surface area contributed by atoms with Crippen molar-refractivity contribution >= 4 is 51.9 Å². The van der Waals surface area contributed by atoms with Gasteiger partial charge in [-0.25, -0.2) is 0 Å². The predicted octanol–water partition coefficient (Wildman–Crippen LogP) is 2.59. The van der Waals surface area contributed by atoms with Crippen molar-refractivity contribution in [3.8, 4) is 0 Å². The lowest BCUT2D eigenvalue weighted by atomic mass is 10.1. The largest absolute Gasteiger partial charge is 0.283 e. The second-order valence-corrected chi connectivity index (χ2v) is 5.06. The molecule has 3 rings (SSSR count). The van der Waals surface area contributed by atoms with Crippen LogP contribution in [0.1, 0.15) is 5.56 Å². The number of rotatable bonds is 1. The van der Waals surface area contributed by atoms with Crippen LogP contribution in [0.5, 0.6) is 0 Å². The minimum absolute atomic E-state index is 0.0335. The fraction of sp³-hybridized carbons (Fsp3) is 0. The van der Waals surface area contributed by atoms with Crippen LogP contribution in [-0.4, -0.2) is 27.5 Å². The average Bonchev–Trinajstić information content (AvgIpc) is 2.85. The van der Waals surface area contributed by atoms with E-state index in [-0.39, 0.29) is 11.4 Å². The average molecular weight is 291 g/mol. The molecule has 1 amide bonds. The van der Waals surface area contributed by atoms with Crippen LogP contribution in [0.3, 0.4) is 0 Å². The number of carbonyl (C=O) groups is 1. The van der Waals surface area contributed by atoms with Gasteiger partial charge in [-0.1, -0.05) is 23.7 Å². The SMILES string of the molecule is N=C1/C(=C/c2ccc(Cl)cc2)C(=O)N=C2SC=NN12. The summed E-state index contributed by atoms with van der Waals surface area (Å²) in [6.07, 6.45) is 1.61. The predicted molar refractivity (Wildman–Crippen MR) is 77.5 cm³/mol. The lowest BCUT2D eigenvalue weighted by Gasteiger charge is -2.20. The number of hydrogen-bond acceptors (Lipinski definition) is 4. The number of hydrogen-bond donors (Lipinski definition) is 1. The number of aliphatic imine (C=N–C) groups is 1. The highest BCUT2D eigenvalue weighted by Gasteiger charge is 2.32. The number of amidine groups is 2. The number of carbonyl (C=O) groups excluding carboxylic acids is 1. The molecule has 1 aromatic rings. The lowest BCUT2D eigenvalue weighted by Crippen LogP contribution is -2.35. The minimum atomic E-state index is -0.427. The number of nitrogens with one attached hydrogen (secondary N) is 1. The first-order chi connectivity index (χ1) is 9.15. The van der Waals surface area contributed by atoms with Gasteiger partial charge >= 0.3 is 0 Å². The van der Waals surface area contributed by atoms with Gasteiger partial charge < -0.3 is 0 Å².